The first kappa shape index (κ1) is 15.1. The van der Waals surface area contributed by atoms with Crippen LogP contribution in [0.25, 0.3) is 0 Å². The lowest BCUT2D eigenvalue weighted by Crippen LogP contribution is -2.41. The zero-order valence-electron chi connectivity index (χ0n) is 10.6. The Labute approximate surface area is 121 Å². The van der Waals surface area contributed by atoms with E-state index >= 15 is 0 Å². The van der Waals surface area contributed by atoms with Gasteiger partial charge in [0.25, 0.3) is 5.91 Å². The van der Waals surface area contributed by atoms with E-state index < -0.39 is 33.0 Å². The number of halogens is 2. The Morgan fingerprint density at radius 2 is 2.15 bits per heavy atom. The van der Waals surface area contributed by atoms with E-state index in [2.05, 4.69) is 5.32 Å². The summed E-state index contributed by atoms with van der Waals surface area (Å²) in [6.45, 7) is 0. The van der Waals surface area contributed by atoms with Gasteiger partial charge in [-0.25, -0.2) is 12.8 Å². The topological polar surface area (TPSA) is 72.5 Å². The lowest BCUT2D eigenvalue weighted by Gasteiger charge is -2.16. The number of hydrogen-bond donors (Lipinski definition) is 1. The normalized spacial score (nSPS) is 24.4. The summed E-state index contributed by atoms with van der Waals surface area (Å²) in [6, 6.07) is 3.25. The van der Waals surface area contributed by atoms with Gasteiger partial charge in [0, 0.05) is 0 Å². The van der Waals surface area contributed by atoms with Crippen molar-refractivity contribution >= 4 is 27.3 Å². The molecule has 5 nitrogen and oxygen atoms in total. The molecule has 1 N–H and O–H groups in total. The number of carbonyl (C=O) groups is 1. The molecule has 0 spiro atoms. The maximum absolute atomic E-state index is 13.7. The molecule has 0 saturated carbocycles. The second-order valence-electron chi connectivity index (χ2n) is 4.49. The van der Waals surface area contributed by atoms with Gasteiger partial charge in [-0.2, -0.15) is 0 Å². The molecule has 1 saturated heterocycles. The van der Waals surface area contributed by atoms with Crippen LogP contribution in [0.15, 0.2) is 18.2 Å². The van der Waals surface area contributed by atoms with Crippen LogP contribution in [0, 0.1) is 5.82 Å². The summed E-state index contributed by atoms with van der Waals surface area (Å²) >= 11 is 5.89. The van der Waals surface area contributed by atoms with E-state index in [0.717, 1.165) is 6.07 Å². The van der Waals surface area contributed by atoms with Crippen LogP contribution in [0.4, 0.5) is 4.39 Å². The number of benzene rings is 1. The molecular weight excluding hydrogens is 309 g/mol. The number of rotatable bonds is 3. The van der Waals surface area contributed by atoms with Crippen LogP contribution < -0.4 is 10.1 Å². The molecule has 1 aromatic carbocycles. The van der Waals surface area contributed by atoms with E-state index in [9.17, 15) is 17.6 Å². The van der Waals surface area contributed by atoms with Gasteiger partial charge in [-0.1, -0.05) is 6.07 Å². The van der Waals surface area contributed by atoms with Gasteiger partial charge < -0.3 is 10.1 Å². The standard InChI is InChI=1S/C12H13ClFNO4S/c1-19-10-4-2-3-8(14)11(10)12(16)15-9-6-20(17,18)5-7(9)13/h2-4,7,9H,5-6H2,1H3,(H,15,16). The molecule has 2 rings (SSSR count). The molecule has 1 aliphatic heterocycles. The molecule has 1 heterocycles. The predicted octanol–water partition coefficient (Wildman–Crippen LogP) is 0.968. The van der Waals surface area contributed by atoms with Crippen LogP contribution in [-0.4, -0.2) is 44.4 Å². The largest absolute Gasteiger partial charge is 0.496 e. The summed E-state index contributed by atoms with van der Waals surface area (Å²) in [6.07, 6.45) is 0. The Hall–Kier alpha value is -1.34. The predicted molar refractivity (Wildman–Crippen MR) is 72.5 cm³/mol. The van der Waals surface area contributed by atoms with E-state index in [4.69, 9.17) is 16.3 Å². The highest BCUT2D eigenvalue weighted by molar-refractivity contribution is 7.91. The van der Waals surface area contributed by atoms with Crippen LogP contribution in [0.5, 0.6) is 5.75 Å². The first-order valence-corrected chi connectivity index (χ1v) is 8.07. The van der Waals surface area contributed by atoms with Gasteiger partial charge in [-0.15, -0.1) is 11.6 Å². The van der Waals surface area contributed by atoms with Gasteiger partial charge in [0.15, 0.2) is 9.84 Å². The second-order valence-corrected chi connectivity index (χ2v) is 7.20. The van der Waals surface area contributed by atoms with E-state index in [1.807, 2.05) is 0 Å². The van der Waals surface area contributed by atoms with Crippen molar-refractivity contribution in [2.24, 2.45) is 0 Å². The Morgan fingerprint density at radius 3 is 2.70 bits per heavy atom. The third-order valence-electron chi connectivity index (χ3n) is 3.02. The third-order valence-corrected chi connectivity index (χ3v) is 5.40. The van der Waals surface area contributed by atoms with Crippen molar-refractivity contribution in [1.82, 2.24) is 5.32 Å². The maximum atomic E-state index is 13.7. The lowest BCUT2D eigenvalue weighted by atomic mass is 10.1. The van der Waals surface area contributed by atoms with Gasteiger partial charge in [0.1, 0.15) is 17.1 Å². The van der Waals surface area contributed by atoms with Gasteiger partial charge >= 0.3 is 0 Å². The summed E-state index contributed by atoms with van der Waals surface area (Å²) in [7, 11) is -1.95. The number of hydrogen-bond acceptors (Lipinski definition) is 4. The van der Waals surface area contributed by atoms with Gasteiger partial charge in [0.05, 0.1) is 30.0 Å². The molecular formula is C12H13ClFNO4S. The van der Waals surface area contributed by atoms with Crippen LogP contribution in [0.3, 0.4) is 0 Å². The molecule has 20 heavy (non-hydrogen) atoms. The number of methoxy groups -OCH3 is 1. The quantitative estimate of drug-likeness (QED) is 0.842. The Balaban J connectivity index is 2.22. The maximum Gasteiger partial charge on any atom is 0.258 e. The molecule has 0 aromatic heterocycles. The van der Waals surface area contributed by atoms with Crippen molar-refractivity contribution in [3.05, 3.63) is 29.6 Å². The average Bonchev–Trinajstić information content (AvgIpc) is 2.61. The second kappa shape index (κ2) is 5.57. The van der Waals surface area contributed by atoms with E-state index in [0.29, 0.717) is 0 Å². The first-order chi connectivity index (χ1) is 9.34. The molecule has 0 bridgehead atoms. The summed E-state index contributed by atoms with van der Waals surface area (Å²) in [5.41, 5.74) is -0.261. The van der Waals surface area contributed by atoms with Gasteiger partial charge in [-0.05, 0) is 12.1 Å². The number of carbonyl (C=O) groups excluding carboxylic acids is 1. The summed E-state index contributed by atoms with van der Waals surface area (Å²) in [5.74, 6) is -1.85. The summed E-state index contributed by atoms with van der Waals surface area (Å²) < 4.78 is 41.5. The zero-order valence-corrected chi connectivity index (χ0v) is 12.2. The zero-order chi connectivity index (χ0) is 14.9. The van der Waals surface area contributed by atoms with Crippen LogP contribution in [0.2, 0.25) is 0 Å². The molecule has 1 amide bonds. The highest BCUT2D eigenvalue weighted by Gasteiger charge is 2.38. The molecule has 8 heteroatoms. The molecule has 0 aliphatic carbocycles. The van der Waals surface area contributed by atoms with Crippen LogP contribution >= 0.6 is 11.6 Å². The molecule has 110 valence electrons. The highest BCUT2D eigenvalue weighted by Crippen LogP contribution is 2.23. The number of ether oxygens (including phenoxy) is 1. The smallest absolute Gasteiger partial charge is 0.258 e. The van der Waals surface area contributed by atoms with Gasteiger partial charge in [-0.3, -0.25) is 4.79 Å². The number of amides is 1. The molecule has 1 fully saturated rings. The van der Waals surface area contributed by atoms with Crippen molar-refractivity contribution in [1.29, 1.82) is 0 Å². The number of alkyl halides is 1. The first-order valence-electron chi connectivity index (χ1n) is 5.82. The van der Waals surface area contributed by atoms with Crippen molar-refractivity contribution in [3.63, 3.8) is 0 Å². The number of sulfone groups is 1. The fourth-order valence-electron chi connectivity index (χ4n) is 2.07. The van der Waals surface area contributed by atoms with Gasteiger partial charge in [0.2, 0.25) is 0 Å². The van der Waals surface area contributed by atoms with Crippen molar-refractivity contribution in [3.8, 4) is 5.75 Å². The molecule has 1 aromatic rings. The summed E-state index contributed by atoms with van der Waals surface area (Å²) in [5, 5.41) is 1.73. The Bertz CT molecular complexity index is 634. The molecule has 1 aliphatic rings. The number of nitrogens with one attached hydrogen (secondary N) is 1. The fraction of sp³-hybridized carbons (Fsp3) is 0.417. The molecule has 2 unspecified atom stereocenters. The lowest BCUT2D eigenvalue weighted by molar-refractivity contribution is 0.0934. The van der Waals surface area contributed by atoms with Crippen LogP contribution in [0.1, 0.15) is 10.4 Å². The van der Waals surface area contributed by atoms with Crippen molar-refractivity contribution in [2.75, 3.05) is 18.6 Å². The SMILES string of the molecule is COc1cccc(F)c1C(=O)NC1CS(=O)(=O)CC1Cl. The Kier molecular flexibility index (Phi) is 4.19. The third kappa shape index (κ3) is 3.04. The van der Waals surface area contributed by atoms with Crippen molar-refractivity contribution < 1.29 is 22.3 Å². The average molecular weight is 322 g/mol. The Morgan fingerprint density at radius 1 is 1.45 bits per heavy atom. The summed E-state index contributed by atoms with van der Waals surface area (Å²) in [4.78, 5) is 12.1. The highest BCUT2D eigenvalue weighted by atomic mass is 35.5. The van der Waals surface area contributed by atoms with Crippen LogP contribution in [-0.2, 0) is 9.84 Å². The van der Waals surface area contributed by atoms with Crippen molar-refractivity contribution in [2.45, 2.75) is 11.4 Å². The fourth-order valence-corrected chi connectivity index (χ4v) is 4.62. The molecule has 0 radical (unpaired) electrons. The van der Waals surface area contributed by atoms with E-state index in [1.54, 1.807) is 0 Å². The molecule has 2 atom stereocenters. The minimum atomic E-state index is -3.27. The van der Waals surface area contributed by atoms with E-state index in [-0.39, 0.29) is 22.8 Å². The monoisotopic (exact) mass is 321 g/mol. The van der Waals surface area contributed by atoms with E-state index in [1.165, 1.54) is 19.2 Å². The minimum absolute atomic E-state index is 0.0782. The minimum Gasteiger partial charge on any atom is -0.496 e.